The van der Waals surface area contributed by atoms with Crippen molar-refractivity contribution in [3.63, 3.8) is 0 Å². The van der Waals surface area contributed by atoms with E-state index >= 15 is 0 Å². The Labute approximate surface area is 152 Å². The predicted molar refractivity (Wildman–Crippen MR) is 95.6 cm³/mol. The molecular formula is C19H13ClF2N2O2. The fourth-order valence-electron chi connectivity index (χ4n) is 2.42. The number of hydrogen-bond acceptors (Lipinski definition) is 2. The Morgan fingerprint density at radius 2 is 1.85 bits per heavy atom. The minimum absolute atomic E-state index is 0.164. The molecule has 4 nitrogen and oxygen atoms in total. The van der Waals surface area contributed by atoms with Crippen LogP contribution in [0.15, 0.2) is 65.6 Å². The van der Waals surface area contributed by atoms with E-state index in [9.17, 15) is 18.4 Å². The Hall–Kier alpha value is -2.99. The molecule has 1 amide bonds. The average molecular weight is 375 g/mol. The van der Waals surface area contributed by atoms with Crippen LogP contribution in [0, 0.1) is 11.6 Å². The lowest BCUT2D eigenvalue weighted by Gasteiger charge is -2.10. The molecule has 0 saturated heterocycles. The molecular weight excluding hydrogens is 362 g/mol. The second-order valence-electron chi connectivity index (χ2n) is 5.52. The fraction of sp³-hybridized carbons (Fsp3) is 0.0526. The van der Waals surface area contributed by atoms with Crippen molar-refractivity contribution in [2.45, 2.75) is 6.54 Å². The van der Waals surface area contributed by atoms with E-state index in [4.69, 9.17) is 11.6 Å². The maximum atomic E-state index is 13.7. The summed E-state index contributed by atoms with van der Waals surface area (Å²) in [6.07, 6.45) is 1.53. The number of nitrogens with zero attached hydrogens (tertiary/aromatic N) is 1. The molecule has 0 atom stereocenters. The van der Waals surface area contributed by atoms with Crippen LogP contribution in [0.1, 0.15) is 15.9 Å². The van der Waals surface area contributed by atoms with E-state index in [2.05, 4.69) is 5.32 Å². The highest BCUT2D eigenvalue weighted by Gasteiger charge is 2.15. The number of anilines is 1. The van der Waals surface area contributed by atoms with Crippen molar-refractivity contribution in [1.82, 2.24) is 4.57 Å². The minimum Gasteiger partial charge on any atom is -0.319 e. The summed E-state index contributed by atoms with van der Waals surface area (Å²) < 4.78 is 28.0. The Morgan fingerprint density at radius 3 is 2.58 bits per heavy atom. The molecule has 0 saturated carbocycles. The van der Waals surface area contributed by atoms with Gasteiger partial charge in [0.25, 0.3) is 11.5 Å². The van der Waals surface area contributed by atoms with Crippen LogP contribution in [-0.2, 0) is 6.54 Å². The molecule has 1 heterocycles. The molecule has 7 heteroatoms. The van der Waals surface area contributed by atoms with Crippen LogP contribution in [0.5, 0.6) is 0 Å². The molecule has 3 rings (SSSR count). The molecule has 132 valence electrons. The normalized spacial score (nSPS) is 10.6. The van der Waals surface area contributed by atoms with Crippen LogP contribution in [0.4, 0.5) is 14.5 Å². The molecule has 3 aromatic rings. The number of rotatable bonds is 4. The molecule has 0 aliphatic heterocycles. The first-order valence-corrected chi connectivity index (χ1v) is 8.03. The van der Waals surface area contributed by atoms with Crippen molar-refractivity contribution in [3.8, 4) is 0 Å². The van der Waals surface area contributed by atoms with E-state index in [0.29, 0.717) is 11.1 Å². The highest BCUT2D eigenvalue weighted by molar-refractivity contribution is 6.31. The summed E-state index contributed by atoms with van der Waals surface area (Å²) in [6.45, 7) is 0.185. The molecule has 2 aromatic carbocycles. The number of nitrogens with one attached hydrogen (secondary N) is 1. The van der Waals surface area contributed by atoms with E-state index in [1.54, 1.807) is 24.3 Å². The topological polar surface area (TPSA) is 51.1 Å². The van der Waals surface area contributed by atoms with Crippen molar-refractivity contribution < 1.29 is 13.6 Å². The van der Waals surface area contributed by atoms with Gasteiger partial charge in [0, 0.05) is 17.3 Å². The maximum absolute atomic E-state index is 13.7. The number of aromatic nitrogens is 1. The summed E-state index contributed by atoms with van der Waals surface area (Å²) in [5, 5.41) is 2.78. The van der Waals surface area contributed by atoms with Crippen LogP contribution in [0.3, 0.4) is 0 Å². The number of carbonyl (C=O) groups excluding carboxylic acids is 1. The third-order valence-electron chi connectivity index (χ3n) is 3.74. The lowest BCUT2D eigenvalue weighted by atomic mass is 10.2. The van der Waals surface area contributed by atoms with Crippen molar-refractivity contribution in [2.24, 2.45) is 0 Å². The number of amides is 1. The van der Waals surface area contributed by atoms with Crippen molar-refractivity contribution in [3.05, 3.63) is 98.9 Å². The predicted octanol–water partition coefficient (Wildman–Crippen LogP) is 4.08. The molecule has 26 heavy (non-hydrogen) atoms. The number of hydrogen-bond donors (Lipinski definition) is 1. The molecule has 0 aliphatic rings. The maximum Gasteiger partial charge on any atom is 0.263 e. The number of benzene rings is 2. The standard InChI is InChI=1S/C19H13ClF2N2O2/c20-15-6-2-1-4-12(15)11-24-9-3-5-14(19(24)26)18(25)23-17-8-7-13(21)10-16(17)22/h1-10H,11H2,(H,23,25). The lowest BCUT2D eigenvalue weighted by Crippen LogP contribution is -2.29. The summed E-state index contributed by atoms with van der Waals surface area (Å²) in [5.74, 6) is -2.47. The van der Waals surface area contributed by atoms with Gasteiger partial charge in [0.1, 0.15) is 17.2 Å². The highest BCUT2D eigenvalue weighted by atomic mass is 35.5. The van der Waals surface area contributed by atoms with Gasteiger partial charge < -0.3 is 9.88 Å². The van der Waals surface area contributed by atoms with E-state index in [1.165, 1.54) is 22.9 Å². The second kappa shape index (κ2) is 7.49. The summed E-state index contributed by atoms with van der Waals surface area (Å²) in [7, 11) is 0. The first kappa shape index (κ1) is 17.8. The van der Waals surface area contributed by atoms with E-state index in [0.717, 1.165) is 17.7 Å². The van der Waals surface area contributed by atoms with Gasteiger partial charge in [-0.15, -0.1) is 0 Å². The molecule has 0 bridgehead atoms. The van der Waals surface area contributed by atoms with Gasteiger partial charge in [0.05, 0.1) is 12.2 Å². The summed E-state index contributed by atoms with van der Waals surface area (Å²) >= 11 is 6.10. The van der Waals surface area contributed by atoms with Gasteiger partial charge in [-0.1, -0.05) is 29.8 Å². The minimum atomic E-state index is -0.925. The number of carbonyl (C=O) groups is 1. The summed E-state index contributed by atoms with van der Waals surface area (Å²) in [5.41, 5.74) is -0.202. The van der Waals surface area contributed by atoms with Crippen molar-refractivity contribution in [1.29, 1.82) is 0 Å². The van der Waals surface area contributed by atoms with E-state index < -0.39 is 23.1 Å². The van der Waals surface area contributed by atoms with Gasteiger partial charge in [-0.25, -0.2) is 8.78 Å². The zero-order chi connectivity index (χ0) is 18.7. The average Bonchev–Trinajstić information content (AvgIpc) is 2.61. The van der Waals surface area contributed by atoms with Gasteiger partial charge >= 0.3 is 0 Å². The van der Waals surface area contributed by atoms with Gasteiger partial charge in [-0.05, 0) is 35.9 Å². The van der Waals surface area contributed by atoms with E-state index in [1.807, 2.05) is 0 Å². The molecule has 1 aromatic heterocycles. The van der Waals surface area contributed by atoms with Crippen LogP contribution in [-0.4, -0.2) is 10.5 Å². The zero-order valence-corrected chi connectivity index (χ0v) is 14.1. The largest absolute Gasteiger partial charge is 0.319 e. The van der Waals surface area contributed by atoms with E-state index in [-0.39, 0.29) is 17.8 Å². The van der Waals surface area contributed by atoms with Crippen LogP contribution >= 0.6 is 11.6 Å². The van der Waals surface area contributed by atoms with Gasteiger partial charge in [0.2, 0.25) is 0 Å². The smallest absolute Gasteiger partial charge is 0.263 e. The summed E-state index contributed by atoms with van der Waals surface area (Å²) in [6, 6.07) is 12.7. The fourth-order valence-corrected chi connectivity index (χ4v) is 2.62. The second-order valence-corrected chi connectivity index (χ2v) is 5.93. The van der Waals surface area contributed by atoms with Gasteiger partial charge in [0.15, 0.2) is 0 Å². The molecule has 0 fully saturated rings. The third-order valence-corrected chi connectivity index (χ3v) is 4.11. The lowest BCUT2D eigenvalue weighted by molar-refractivity contribution is 0.102. The Balaban J connectivity index is 1.88. The Bertz CT molecular complexity index is 1030. The molecule has 1 N–H and O–H groups in total. The highest BCUT2D eigenvalue weighted by Crippen LogP contribution is 2.17. The zero-order valence-electron chi connectivity index (χ0n) is 13.4. The van der Waals surface area contributed by atoms with Crippen molar-refractivity contribution >= 4 is 23.2 Å². The van der Waals surface area contributed by atoms with Crippen LogP contribution in [0.25, 0.3) is 0 Å². The van der Waals surface area contributed by atoms with Gasteiger partial charge in [-0.3, -0.25) is 9.59 Å². The quantitative estimate of drug-likeness (QED) is 0.748. The Kier molecular flexibility index (Phi) is 5.14. The first-order valence-electron chi connectivity index (χ1n) is 7.65. The van der Waals surface area contributed by atoms with Gasteiger partial charge in [-0.2, -0.15) is 0 Å². The number of pyridine rings is 1. The molecule has 0 unspecified atom stereocenters. The monoisotopic (exact) mass is 374 g/mol. The first-order chi connectivity index (χ1) is 12.5. The van der Waals surface area contributed by atoms with Crippen LogP contribution < -0.4 is 10.9 Å². The molecule has 0 radical (unpaired) electrons. The SMILES string of the molecule is O=C(Nc1ccc(F)cc1F)c1cccn(Cc2ccccc2Cl)c1=O. The number of halogens is 3. The molecule has 0 aliphatic carbocycles. The summed E-state index contributed by atoms with van der Waals surface area (Å²) in [4.78, 5) is 24.9. The van der Waals surface area contributed by atoms with Crippen molar-refractivity contribution in [2.75, 3.05) is 5.32 Å². The Morgan fingerprint density at radius 1 is 1.08 bits per heavy atom. The van der Waals surface area contributed by atoms with Crippen LogP contribution in [0.2, 0.25) is 5.02 Å². The molecule has 0 spiro atoms. The third kappa shape index (κ3) is 3.81.